The van der Waals surface area contributed by atoms with E-state index in [0.29, 0.717) is 12.1 Å². The first kappa shape index (κ1) is 21.6. The lowest BCUT2D eigenvalue weighted by molar-refractivity contribution is -0.385. The maximum Gasteiger partial charge on any atom is 0.275 e. The minimum atomic E-state index is -3.79. The number of hydrogen-bond acceptors (Lipinski definition) is 5. The molecule has 0 amide bonds. The standard InChI is InChI=1S/C24H22N2O5S/c1-17-3-10-21(11-4-17)32(29,30)16-22-23(26(27)28)12-7-19-13-14-25(24(19)22)15-18-5-8-20(31-2)9-6-18/h3-14H,15-16H2,1-2H3. The molecule has 164 valence electrons. The van der Waals surface area contributed by atoms with Crippen molar-refractivity contribution >= 4 is 26.4 Å². The van der Waals surface area contributed by atoms with E-state index in [-0.39, 0.29) is 16.1 Å². The van der Waals surface area contributed by atoms with Crippen LogP contribution in [0.1, 0.15) is 16.7 Å². The van der Waals surface area contributed by atoms with Gasteiger partial charge in [-0.3, -0.25) is 10.1 Å². The molecule has 3 aromatic carbocycles. The third-order valence-electron chi connectivity index (χ3n) is 5.43. The number of hydrogen-bond donors (Lipinski definition) is 0. The van der Waals surface area contributed by atoms with Crippen LogP contribution in [0.4, 0.5) is 5.69 Å². The molecule has 8 heteroatoms. The highest BCUT2D eigenvalue weighted by molar-refractivity contribution is 7.90. The van der Waals surface area contributed by atoms with Crippen LogP contribution in [0.5, 0.6) is 5.75 Å². The van der Waals surface area contributed by atoms with Gasteiger partial charge in [-0.05, 0) is 48.9 Å². The quantitative estimate of drug-likeness (QED) is 0.295. The highest BCUT2D eigenvalue weighted by Crippen LogP contribution is 2.32. The van der Waals surface area contributed by atoms with Gasteiger partial charge >= 0.3 is 0 Å². The van der Waals surface area contributed by atoms with Gasteiger partial charge < -0.3 is 9.30 Å². The lowest BCUT2D eigenvalue weighted by atomic mass is 10.1. The van der Waals surface area contributed by atoms with Crippen LogP contribution in [0, 0.1) is 17.0 Å². The summed E-state index contributed by atoms with van der Waals surface area (Å²) in [4.78, 5) is 11.4. The molecule has 0 unspecified atom stereocenters. The average Bonchev–Trinajstić information content (AvgIpc) is 3.17. The van der Waals surface area contributed by atoms with Gasteiger partial charge in [0.05, 0.1) is 33.8 Å². The van der Waals surface area contributed by atoms with Gasteiger partial charge in [-0.1, -0.05) is 29.8 Å². The molecule has 0 aliphatic heterocycles. The van der Waals surface area contributed by atoms with Crippen LogP contribution in [0.3, 0.4) is 0 Å². The van der Waals surface area contributed by atoms with Gasteiger partial charge in [0, 0.05) is 24.2 Å². The van der Waals surface area contributed by atoms with Crippen molar-refractivity contribution in [2.24, 2.45) is 0 Å². The van der Waals surface area contributed by atoms with E-state index in [1.54, 1.807) is 25.3 Å². The summed E-state index contributed by atoms with van der Waals surface area (Å²) in [5, 5.41) is 12.5. The van der Waals surface area contributed by atoms with Gasteiger partial charge in [0.15, 0.2) is 9.84 Å². The third-order valence-corrected chi connectivity index (χ3v) is 7.09. The summed E-state index contributed by atoms with van der Waals surface area (Å²) in [6, 6.07) is 18.9. The van der Waals surface area contributed by atoms with Crippen molar-refractivity contribution in [3.63, 3.8) is 0 Å². The molecule has 0 bridgehead atoms. The van der Waals surface area contributed by atoms with E-state index >= 15 is 0 Å². The SMILES string of the molecule is COc1ccc(Cn2ccc3ccc([N+](=O)[O-])c(CS(=O)(=O)c4ccc(C)cc4)c32)cc1. The summed E-state index contributed by atoms with van der Waals surface area (Å²) in [6.07, 6.45) is 1.82. The highest BCUT2D eigenvalue weighted by atomic mass is 32.2. The van der Waals surface area contributed by atoms with Crippen molar-refractivity contribution in [3.05, 3.63) is 99.7 Å². The fourth-order valence-electron chi connectivity index (χ4n) is 3.75. The maximum atomic E-state index is 13.1. The Morgan fingerprint density at radius 1 is 0.969 bits per heavy atom. The molecule has 0 aliphatic carbocycles. The number of rotatable bonds is 7. The number of methoxy groups -OCH3 is 1. The van der Waals surface area contributed by atoms with Gasteiger partial charge in [0.25, 0.3) is 5.69 Å². The summed E-state index contributed by atoms with van der Waals surface area (Å²) in [6.45, 7) is 2.31. The van der Waals surface area contributed by atoms with Crippen molar-refractivity contribution in [2.75, 3.05) is 7.11 Å². The van der Waals surface area contributed by atoms with E-state index < -0.39 is 20.5 Å². The Morgan fingerprint density at radius 2 is 1.66 bits per heavy atom. The zero-order valence-corrected chi connectivity index (χ0v) is 18.5. The van der Waals surface area contributed by atoms with Crippen LogP contribution >= 0.6 is 0 Å². The lowest BCUT2D eigenvalue weighted by Crippen LogP contribution is -2.10. The number of benzene rings is 3. The summed E-state index contributed by atoms with van der Waals surface area (Å²) in [7, 11) is -2.20. The Hall–Kier alpha value is -3.65. The minimum Gasteiger partial charge on any atom is -0.497 e. The molecule has 0 fully saturated rings. The molecule has 1 aromatic heterocycles. The van der Waals surface area contributed by atoms with Crippen LogP contribution in [-0.4, -0.2) is 25.0 Å². The van der Waals surface area contributed by atoms with Crippen molar-refractivity contribution in [3.8, 4) is 5.75 Å². The minimum absolute atomic E-state index is 0.141. The van der Waals surface area contributed by atoms with Gasteiger partial charge in [-0.25, -0.2) is 8.42 Å². The number of nitro groups is 1. The second-order valence-corrected chi connectivity index (χ2v) is 9.61. The normalized spacial score (nSPS) is 11.6. The zero-order chi connectivity index (χ0) is 22.9. The van der Waals surface area contributed by atoms with Crippen LogP contribution in [0.15, 0.2) is 77.8 Å². The summed E-state index contributed by atoms with van der Waals surface area (Å²) in [5.41, 5.74) is 2.42. The van der Waals surface area contributed by atoms with E-state index in [4.69, 9.17) is 4.74 Å². The van der Waals surface area contributed by atoms with Crippen molar-refractivity contribution in [1.29, 1.82) is 0 Å². The maximum absolute atomic E-state index is 13.1. The topological polar surface area (TPSA) is 91.4 Å². The van der Waals surface area contributed by atoms with E-state index in [2.05, 4.69) is 0 Å². The smallest absolute Gasteiger partial charge is 0.275 e. The highest BCUT2D eigenvalue weighted by Gasteiger charge is 2.26. The van der Waals surface area contributed by atoms with Crippen LogP contribution in [-0.2, 0) is 22.1 Å². The molecule has 0 saturated heterocycles. The number of fused-ring (bicyclic) bond motifs is 1. The van der Waals surface area contributed by atoms with E-state index in [1.807, 2.05) is 48.0 Å². The molecule has 0 aliphatic rings. The van der Waals surface area contributed by atoms with Crippen molar-refractivity contribution in [2.45, 2.75) is 24.1 Å². The molecule has 32 heavy (non-hydrogen) atoms. The summed E-state index contributed by atoms with van der Waals surface area (Å²) < 4.78 is 33.3. The first-order chi connectivity index (χ1) is 15.3. The molecule has 0 spiro atoms. The molecule has 0 N–H and O–H groups in total. The molecule has 4 aromatic rings. The molecular weight excluding hydrogens is 428 g/mol. The average molecular weight is 451 g/mol. The lowest BCUT2D eigenvalue weighted by Gasteiger charge is -2.12. The Kier molecular flexibility index (Phi) is 5.71. The molecule has 0 saturated carbocycles. The Bertz CT molecular complexity index is 1390. The Morgan fingerprint density at radius 3 is 2.28 bits per heavy atom. The second-order valence-electron chi connectivity index (χ2n) is 7.62. The number of nitrogens with zero attached hydrogens (tertiary/aromatic N) is 2. The van der Waals surface area contributed by atoms with Gasteiger partial charge in [-0.2, -0.15) is 0 Å². The van der Waals surface area contributed by atoms with Crippen LogP contribution < -0.4 is 4.74 Å². The largest absolute Gasteiger partial charge is 0.497 e. The Balaban J connectivity index is 1.82. The second kappa shape index (κ2) is 8.47. The van der Waals surface area contributed by atoms with Gasteiger partial charge in [-0.15, -0.1) is 0 Å². The molecule has 1 heterocycles. The van der Waals surface area contributed by atoms with Gasteiger partial charge in [0.2, 0.25) is 0 Å². The number of aromatic nitrogens is 1. The molecule has 0 atom stereocenters. The molecule has 7 nitrogen and oxygen atoms in total. The summed E-state index contributed by atoms with van der Waals surface area (Å²) in [5.74, 6) is 0.266. The number of ether oxygens (including phenoxy) is 1. The molecule has 4 rings (SSSR count). The number of nitro benzene ring substituents is 1. The fourth-order valence-corrected chi connectivity index (χ4v) is 5.14. The van der Waals surface area contributed by atoms with Gasteiger partial charge in [0.1, 0.15) is 5.75 Å². The fraction of sp³-hybridized carbons (Fsp3) is 0.167. The first-order valence-corrected chi connectivity index (χ1v) is 11.6. The van der Waals surface area contributed by atoms with Crippen LogP contribution in [0.25, 0.3) is 10.9 Å². The van der Waals surface area contributed by atoms with E-state index in [1.165, 1.54) is 18.2 Å². The molecular formula is C24H22N2O5S. The summed E-state index contributed by atoms with van der Waals surface area (Å²) >= 11 is 0. The number of sulfone groups is 1. The molecule has 0 radical (unpaired) electrons. The first-order valence-electron chi connectivity index (χ1n) is 9.96. The third kappa shape index (κ3) is 4.22. The zero-order valence-electron chi connectivity index (χ0n) is 17.7. The van der Waals surface area contributed by atoms with Crippen molar-refractivity contribution in [1.82, 2.24) is 4.57 Å². The number of aryl methyl sites for hydroxylation is 1. The van der Waals surface area contributed by atoms with Crippen LogP contribution in [0.2, 0.25) is 0 Å². The predicted molar refractivity (Wildman–Crippen MR) is 123 cm³/mol. The van der Waals surface area contributed by atoms with Crippen molar-refractivity contribution < 1.29 is 18.1 Å². The van der Waals surface area contributed by atoms with E-state index in [0.717, 1.165) is 22.3 Å². The monoisotopic (exact) mass is 450 g/mol. The predicted octanol–water partition coefficient (Wildman–Crippen LogP) is 4.89. The Labute approximate surface area is 185 Å². The van der Waals surface area contributed by atoms with E-state index in [9.17, 15) is 18.5 Å².